The van der Waals surface area contributed by atoms with Crippen molar-refractivity contribution >= 4 is 5.91 Å². The van der Waals surface area contributed by atoms with Gasteiger partial charge in [-0.15, -0.1) is 0 Å². The van der Waals surface area contributed by atoms with Crippen molar-refractivity contribution in [1.29, 1.82) is 0 Å². The van der Waals surface area contributed by atoms with E-state index in [1.54, 1.807) is 12.1 Å². The van der Waals surface area contributed by atoms with E-state index < -0.39 is 0 Å². The lowest BCUT2D eigenvalue weighted by atomic mass is 10.1. The summed E-state index contributed by atoms with van der Waals surface area (Å²) in [6, 6.07) is 15.3. The maximum Gasteiger partial charge on any atom is 0.260 e. The van der Waals surface area contributed by atoms with Crippen molar-refractivity contribution in [3.8, 4) is 11.5 Å². The van der Waals surface area contributed by atoms with E-state index in [-0.39, 0.29) is 24.4 Å². The van der Waals surface area contributed by atoms with Gasteiger partial charge in [-0.25, -0.2) is 4.39 Å². The highest BCUT2D eigenvalue weighted by atomic mass is 19.1. The largest absolute Gasteiger partial charge is 0.491 e. The lowest BCUT2D eigenvalue weighted by Gasteiger charge is -2.31. The highest BCUT2D eigenvalue weighted by Crippen LogP contribution is 2.15. The van der Waals surface area contributed by atoms with Crippen LogP contribution in [0.5, 0.6) is 11.5 Å². The predicted octanol–water partition coefficient (Wildman–Crippen LogP) is 3.29. The Morgan fingerprint density at radius 3 is 2.30 bits per heavy atom. The summed E-state index contributed by atoms with van der Waals surface area (Å²) in [4.78, 5) is 14.0. The second-order valence-corrected chi connectivity index (χ2v) is 6.36. The first-order valence-electron chi connectivity index (χ1n) is 9.16. The summed E-state index contributed by atoms with van der Waals surface area (Å²) in [5, 5.41) is 0. The zero-order chi connectivity index (χ0) is 18.9. The molecule has 0 aliphatic carbocycles. The van der Waals surface area contributed by atoms with Crippen LogP contribution in [-0.4, -0.2) is 49.8 Å². The number of nitrogens with zero attached hydrogens (tertiary/aromatic N) is 1. The van der Waals surface area contributed by atoms with Gasteiger partial charge < -0.3 is 19.1 Å². The van der Waals surface area contributed by atoms with Crippen LogP contribution in [0.3, 0.4) is 0 Å². The highest BCUT2D eigenvalue weighted by molar-refractivity contribution is 5.77. The summed E-state index contributed by atoms with van der Waals surface area (Å²) in [6.45, 7) is 2.27. The number of halogens is 1. The number of carbonyl (C=O) groups is 1. The zero-order valence-corrected chi connectivity index (χ0v) is 15.2. The Bertz CT molecular complexity index is 700. The number of para-hydroxylation sites is 1. The lowest BCUT2D eigenvalue weighted by molar-refractivity contribution is -0.136. The van der Waals surface area contributed by atoms with Gasteiger partial charge in [0.2, 0.25) is 0 Å². The molecule has 1 aliphatic rings. The molecular formula is C21H24FNO4. The van der Waals surface area contributed by atoms with Crippen LogP contribution in [0.2, 0.25) is 0 Å². The standard InChI is InChI=1S/C21H24FNO4/c22-17-6-8-19(9-7-17)25-14-15-26-20-10-12-23(13-11-20)21(24)16-27-18-4-2-1-3-5-18/h1-9,20H,10-16H2. The molecule has 0 bridgehead atoms. The molecule has 1 aliphatic heterocycles. The van der Waals surface area contributed by atoms with Crippen LogP contribution >= 0.6 is 0 Å². The van der Waals surface area contributed by atoms with E-state index in [1.165, 1.54) is 12.1 Å². The predicted molar refractivity (Wildman–Crippen MR) is 99.4 cm³/mol. The van der Waals surface area contributed by atoms with E-state index in [1.807, 2.05) is 35.2 Å². The molecule has 27 heavy (non-hydrogen) atoms. The molecule has 6 heteroatoms. The van der Waals surface area contributed by atoms with Gasteiger partial charge in [0, 0.05) is 13.1 Å². The molecule has 0 unspecified atom stereocenters. The van der Waals surface area contributed by atoms with Crippen LogP contribution in [0.15, 0.2) is 54.6 Å². The van der Waals surface area contributed by atoms with Gasteiger partial charge in [-0.3, -0.25) is 4.79 Å². The minimum absolute atomic E-state index is 0.00283. The summed E-state index contributed by atoms with van der Waals surface area (Å²) in [5.41, 5.74) is 0. The Hall–Kier alpha value is -2.60. The van der Waals surface area contributed by atoms with Crippen molar-refractivity contribution in [2.75, 3.05) is 32.9 Å². The molecule has 0 spiro atoms. The molecule has 0 radical (unpaired) electrons. The van der Waals surface area contributed by atoms with Crippen LogP contribution in [-0.2, 0) is 9.53 Å². The van der Waals surface area contributed by atoms with E-state index >= 15 is 0 Å². The fraction of sp³-hybridized carbons (Fsp3) is 0.381. The molecule has 0 saturated carbocycles. The summed E-state index contributed by atoms with van der Waals surface area (Å²) in [6.07, 6.45) is 1.72. The molecule has 0 atom stereocenters. The molecule has 2 aromatic carbocycles. The second kappa shape index (κ2) is 9.92. The summed E-state index contributed by atoms with van der Waals surface area (Å²) in [5.74, 6) is 1.04. The van der Waals surface area contributed by atoms with Gasteiger partial charge in [0.15, 0.2) is 6.61 Å². The smallest absolute Gasteiger partial charge is 0.260 e. The second-order valence-electron chi connectivity index (χ2n) is 6.36. The Labute approximate surface area is 158 Å². The molecule has 1 fully saturated rings. The first kappa shape index (κ1) is 19.2. The van der Waals surface area contributed by atoms with Crippen molar-refractivity contribution < 1.29 is 23.4 Å². The van der Waals surface area contributed by atoms with Gasteiger partial charge in [0.25, 0.3) is 5.91 Å². The van der Waals surface area contributed by atoms with E-state index in [9.17, 15) is 9.18 Å². The van der Waals surface area contributed by atoms with Crippen LogP contribution in [0.25, 0.3) is 0 Å². The van der Waals surface area contributed by atoms with Crippen molar-refractivity contribution in [3.63, 3.8) is 0 Å². The average Bonchev–Trinajstić information content (AvgIpc) is 2.72. The maximum atomic E-state index is 12.8. The van der Waals surface area contributed by atoms with E-state index in [0.717, 1.165) is 12.8 Å². The third-order valence-electron chi connectivity index (χ3n) is 4.42. The van der Waals surface area contributed by atoms with Gasteiger partial charge in [-0.2, -0.15) is 0 Å². The van der Waals surface area contributed by atoms with Crippen LogP contribution in [0, 0.1) is 5.82 Å². The lowest BCUT2D eigenvalue weighted by Crippen LogP contribution is -2.43. The minimum Gasteiger partial charge on any atom is -0.491 e. The quantitative estimate of drug-likeness (QED) is 0.666. The first-order valence-corrected chi connectivity index (χ1v) is 9.16. The van der Waals surface area contributed by atoms with Crippen molar-refractivity contribution in [2.24, 2.45) is 0 Å². The zero-order valence-electron chi connectivity index (χ0n) is 15.2. The van der Waals surface area contributed by atoms with Crippen molar-refractivity contribution in [1.82, 2.24) is 4.90 Å². The first-order chi connectivity index (χ1) is 13.2. The van der Waals surface area contributed by atoms with Crippen LogP contribution in [0.4, 0.5) is 4.39 Å². The third-order valence-corrected chi connectivity index (χ3v) is 4.42. The molecule has 1 heterocycles. The minimum atomic E-state index is -0.283. The molecular weight excluding hydrogens is 349 g/mol. The Morgan fingerprint density at radius 2 is 1.59 bits per heavy atom. The van der Waals surface area contributed by atoms with Crippen molar-refractivity contribution in [3.05, 3.63) is 60.4 Å². The Balaban J connectivity index is 1.29. The van der Waals surface area contributed by atoms with Crippen LogP contribution in [0.1, 0.15) is 12.8 Å². The monoisotopic (exact) mass is 373 g/mol. The number of amides is 1. The number of ether oxygens (including phenoxy) is 3. The molecule has 1 amide bonds. The van der Waals surface area contributed by atoms with Crippen molar-refractivity contribution in [2.45, 2.75) is 18.9 Å². The molecule has 5 nitrogen and oxygen atoms in total. The van der Waals surface area contributed by atoms with Gasteiger partial charge in [0.1, 0.15) is 23.9 Å². The Morgan fingerprint density at radius 1 is 0.926 bits per heavy atom. The van der Waals surface area contributed by atoms with Gasteiger partial charge in [-0.1, -0.05) is 18.2 Å². The molecule has 144 valence electrons. The topological polar surface area (TPSA) is 48.0 Å². The molecule has 0 aromatic heterocycles. The number of hydrogen-bond acceptors (Lipinski definition) is 4. The average molecular weight is 373 g/mol. The number of benzene rings is 2. The molecule has 0 N–H and O–H groups in total. The maximum absolute atomic E-state index is 12.8. The Kier molecular flexibility index (Phi) is 7.04. The van der Waals surface area contributed by atoms with E-state index in [4.69, 9.17) is 14.2 Å². The number of piperidine rings is 1. The molecule has 1 saturated heterocycles. The highest BCUT2D eigenvalue weighted by Gasteiger charge is 2.23. The van der Waals surface area contributed by atoms with Gasteiger partial charge in [0.05, 0.1) is 12.7 Å². The number of rotatable bonds is 8. The summed E-state index contributed by atoms with van der Waals surface area (Å²) < 4.78 is 29.7. The van der Waals surface area contributed by atoms with Gasteiger partial charge in [-0.05, 0) is 49.2 Å². The number of carbonyl (C=O) groups excluding carboxylic acids is 1. The molecule has 2 aromatic rings. The van der Waals surface area contributed by atoms with Crippen LogP contribution < -0.4 is 9.47 Å². The third kappa shape index (κ3) is 6.25. The SMILES string of the molecule is O=C(COc1ccccc1)N1CCC(OCCOc2ccc(F)cc2)CC1. The fourth-order valence-corrected chi connectivity index (χ4v) is 2.93. The summed E-state index contributed by atoms with van der Waals surface area (Å²) in [7, 11) is 0. The number of hydrogen-bond donors (Lipinski definition) is 0. The molecule has 3 rings (SSSR count). The fourth-order valence-electron chi connectivity index (χ4n) is 2.93. The van der Waals surface area contributed by atoms with E-state index in [2.05, 4.69) is 0 Å². The van der Waals surface area contributed by atoms with Gasteiger partial charge >= 0.3 is 0 Å². The normalized spacial score (nSPS) is 14.8. The number of likely N-dealkylation sites (tertiary alicyclic amines) is 1. The summed E-state index contributed by atoms with van der Waals surface area (Å²) >= 11 is 0. The van der Waals surface area contributed by atoms with E-state index in [0.29, 0.717) is 37.8 Å².